The van der Waals surface area contributed by atoms with Crippen LogP contribution < -0.4 is 10.6 Å². The first kappa shape index (κ1) is 9.04. The predicted molar refractivity (Wildman–Crippen MR) is 60.2 cm³/mol. The Morgan fingerprint density at radius 1 is 1.40 bits per heavy atom. The van der Waals surface area contributed by atoms with Crippen LogP contribution in [0.1, 0.15) is 18.4 Å². The largest absolute Gasteiger partial charge is 0.508 e. The van der Waals surface area contributed by atoms with Gasteiger partial charge in [-0.25, -0.2) is 0 Å². The first-order chi connectivity index (χ1) is 7.25. The first-order valence-electron chi connectivity index (χ1n) is 5.59. The van der Waals surface area contributed by atoms with Crippen molar-refractivity contribution in [1.82, 2.24) is 0 Å². The molecule has 15 heavy (non-hydrogen) atoms. The van der Waals surface area contributed by atoms with Crippen LogP contribution in [0.3, 0.4) is 0 Å². The van der Waals surface area contributed by atoms with E-state index in [0.29, 0.717) is 17.8 Å². The van der Waals surface area contributed by atoms with Gasteiger partial charge in [-0.15, -0.1) is 0 Å². The van der Waals surface area contributed by atoms with Gasteiger partial charge in [0.25, 0.3) is 0 Å². The van der Waals surface area contributed by atoms with Gasteiger partial charge in [0.1, 0.15) is 5.75 Å². The second-order valence-corrected chi connectivity index (χ2v) is 4.62. The van der Waals surface area contributed by atoms with Crippen LogP contribution in [0, 0.1) is 0 Å². The van der Waals surface area contributed by atoms with E-state index >= 15 is 0 Å². The van der Waals surface area contributed by atoms with Crippen LogP contribution in [0.5, 0.6) is 5.75 Å². The summed E-state index contributed by atoms with van der Waals surface area (Å²) in [7, 11) is 0. The van der Waals surface area contributed by atoms with E-state index in [1.54, 1.807) is 6.07 Å². The number of phenolic OH excluding ortho intramolecular Hbond substituents is 1. The number of rotatable bonds is 0. The average Bonchev–Trinajstić information content (AvgIpc) is 2.59. The number of nitrogens with two attached hydrogens (primary N) is 1. The standard InChI is InChI=1S/C12H16N2O/c13-8-6-9-4-5-10-11(14(9)7-8)2-1-3-12(10)15/h1-3,8-9,15H,4-7,13H2. The summed E-state index contributed by atoms with van der Waals surface area (Å²) in [6.07, 6.45) is 3.20. The summed E-state index contributed by atoms with van der Waals surface area (Å²) < 4.78 is 0. The van der Waals surface area contributed by atoms with Crippen LogP contribution >= 0.6 is 0 Å². The Kier molecular flexibility index (Phi) is 1.89. The third-order valence-electron chi connectivity index (χ3n) is 3.61. The summed E-state index contributed by atoms with van der Waals surface area (Å²) in [4.78, 5) is 2.36. The van der Waals surface area contributed by atoms with E-state index in [1.807, 2.05) is 6.07 Å². The highest BCUT2D eigenvalue weighted by molar-refractivity contribution is 5.62. The topological polar surface area (TPSA) is 49.5 Å². The SMILES string of the molecule is NC1CC2CCc3c(O)cccc3N2C1. The minimum Gasteiger partial charge on any atom is -0.508 e. The zero-order chi connectivity index (χ0) is 10.4. The van der Waals surface area contributed by atoms with Gasteiger partial charge >= 0.3 is 0 Å². The normalized spacial score (nSPS) is 28.7. The minimum atomic E-state index is 0.295. The van der Waals surface area contributed by atoms with Crippen molar-refractivity contribution < 1.29 is 5.11 Å². The highest BCUT2D eigenvalue weighted by Crippen LogP contribution is 2.39. The molecule has 0 spiro atoms. The molecule has 2 aliphatic rings. The minimum absolute atomic E-state index is 0.295. The summed E-state index contributed by atoms with van der Waals surface area (Å²) in [5, 5.41) is 9.78. The van der Waals surface area contributed by atoms with E-state index < -0.39 is 0 Å². The molecule has 0 saturated carbocycles. The molecule has 3 N–H and O–H groups in total. The maximum atomic E-state index is 9.78. The lowest BCUT2D eigenvalue weighted by atomic mass is 9.95. The van der Waals surface area contributed by atoms with Gasteiger partial charge in [0.05, 0.1) is 0 Å². The molecular formula is C12H16N2O. The van der Waals surface area contributed by atoms with E-state index in [2.05, 4.69) is 11.0 Å². The van der Waals surface area contributed by atoms with E-state index in [9.17, 15) is 5.11 Å². The van der Waals surface area contributed by atoms with Crippen LogP contribution in [-0.4, -0.2) is 23.7 Å². The molecule has 0 amide bonds. The van der Waals surface area contributed by atoms with E-state index in [0.717, 1.165) is 31.4 Å². The molecule has 2 heterocycles. The molecule has 3 heteroatoms. The molecule has 2 unspecified atom stereocenters. The second kappa shape index (κ2) is 3.14. The van der Waals surface area contributed by atoms with Crippen LogP contribution in [0.15, 0.2) is 18.2 Å². The lowest BCUT2D eigenvalue weighted by molar-refractivity contribution is 0.460. The fourth-order valence-corrected chi connectivity index (χ4v) is 2.92. The molecule has 0 radical (unpaired) electrons. The predicted octanol–water partition coefficient (Wildman–Crippen LogP) is 1.24. The second-order valence-electron chi connectivity index (χ2n) is 4.62. The lowest BCUT2D eigenvalue weighted by Gasteiger charge is -2.33. The third kappa shape index (κ3) is 1.30. The van der Waals surface area contributed by atoms with E-state index in [-0.39, 0.29) is 0 Å². The van der Waals surface area contributed by atoms with Gasteiger partial charge < -0.3 is 15.7 Å². The summed E-state index contributed by atoms with van der Waals surface area (Å²) in [6, 6.07) is 6.67. The number of hydrogen-bond donors (Lipinski definition) is 2. The Morgan fingerprint density at radius 2 is 2.27 bits per heavy atom. The van der Waals surface area contributed by atoms with Gasteiger partial charge in [-0.1, -0.05) is 6.07 Å². The Balaban J connectivity index is 2.05. The third-order valence-corrected chi connectivity index (χ3v) is 3.61. The number of hydrogen-bond acceptors (Lipinski definition) is 3. The van der Waals surface area contributed by atoms with Crippen molar-refractivity contribution in [3.05, 3.63) is 23.8 Å². The van der Waals surface area contributed by atoms with Gasteiger partial charge in [0, 0.05) is 29.9 Å². The van der Waals surface area contributed by atoms with Gasteiger partial charge in [0.15, 0.2) is 0 Å². The van der Waals surface area contributed by atoms with Crippen molar-refractivity contribution in [1.29, 1.82) is 0 Å². The highest BCUT2D eigenvalue weighted by Gasteiger charge is 2.34. The Bertz CT molecular complexity index is 391. The molecule has 0 bridgehead atoms. The van der Waals surface area contributed by atoms with Crippen molar-refractivity contribution in [2.45, 2.75) is 31.3 Å². The van der Waals surface area contributed by atoms with Gasteiger partial charge in [0.2, 0.25) is 0 Å². The summed E-state index contributed by atoms with van der Waals surface area (Å²) in [5.74, 6) is 0.437. The van der Waals surface area contributed by atoms with Crippen molar-refractivity contribution in [2.24, 2.45) is 5.73 Å². The number of benzene rings is 1. The molecule has 0 aliphatic carbocycles. The Labute approximate surface area is 89.5 Å². The fourth-order valence-electron chi connectivity index (χ4n) is 2.92. The molecule has 1 saturated heterocycles. The fraction of sp³-hybridized carbons (Fsp3) is 0.500. The van der Waals surface area contributed by atoms with Crippen molar-refractivity contribution in [3.8, 4) is 5.75 Å². The molecule has 0 aromatic heterocycles. The summed E-state index contributed by atoms with van der Waals surface area (Å²) in [5.41, 5.74) is 8.28. The lowest BCUT2D eigenvalue weighted by Crippen LogP contribution is -2.34. The maximum absolute atomic E-state index is 9.78. The Hall–Kier alpha value is -1.22. The molecule has 2 aliphatic heterocycles. The molecule has 80 valence electrons. The summed E-state index contributed by atoms with van der Waals surface area (Å²) in [6.45, 7) is 0.932. The first-order valence-corrected chi connectivity index (χ1v) is 5.59. The van der Waals surface area contributed by atoms with Crippen molar-refractivity contribution in [2.75, 3.05) is 11.4 Å². The van der Waals surface area contributed by atoms with Crippen LogP contribution in [-0.2, 0) is 6.42 Å². The maximum Gasteiger partial charge on any atom is 0.120 e. The highest BCUT2D eigenvalue weighted by atomic mass is 16.3. The average molecular weight is 204 g/mol. The monoisotopic (exact) mass is 204 g/mol. The molecule has 1 fully saturated rings. The van der Waals surface area contributed by atoms with Crippen molar-refractivity contribution in [3.63, 3.8) is 0 Å². The molecular weight excluding hydrogens is 188 g/mol. The van der Waals surface area contributed by atoms with Crippen LogP contribution in [0.25, 0.3) is 0 Å². The van der Waals surface area contributed by atoms with Gasteiger partial charge in [-0.3, -0.25) is 0 Å². The van der Waals surface area contributed by atoms with E-state index in [4.69, 9.17) is 5.73 Å². The molecule has 3 nitrogen and oxygen atoms in total. The zero-order valence-corrected chi connectivity index (χ0v) is 8.69. The number of nitrogens with zero attached hydrogens (tertiary/aromatic N) is 1. The van der Waals surface area contributed by atoms with Crippen molar-refractivity contribution >= 4 is 5.69 Å². The van der Waals surface area contributed by atoms with Gasteiger partial charge in [-0.2, -0.15) is 0 Å². The molecule has 1 aromatic rings. The van der Waals surface area contributed by atoms with Crippen LogP contribution in [0.4, 0.5) is 5.69 Å². The van der Waals surface area contributed by atoms with E-state index in [1.165, 1.54) is 5.69 Å². The zero-order valence-electron chi connectivity index (χ0n) is 8.69. The summed E-state index contributed by atoms with van der Waals surface area (Å²) >= 11 is 0. The Morgan fingerprint density at radius 3 is 3.13 bits per heavy atom. The number of anilines is 1. The quantitative estimate of drug-likeness (QED) is 0.668. The van der Waals surface area contributed by atoms with Gasteiger partial charge in [-0.05, 0) is 31.4 Å². The number of aromatic hydroxyl groups is 1. The number of fused-ring (bicyclic) bond motifs is 3. The van der Waals surface area contributed by atoms with Crippen LogP contribution in [0.2, 0.25) is 0 Å². The number of phenols is 1. The smallest absolute Gasteiger partial charge is 0.120 e. The molecule has 2 atom stereocenters. The molecule has 3 rings (SSSR count). The molecule has 1 aromatic carbocycles.